The van der Waals surface area contributed by atoms with Crippen molar-refractivity contribution in [1.82, 2.24) is 5.32 Å². The van der Waals surface area contributed by atoms with E-state index in [0.717, 1.165) is 6.42 Å². The number of aliphatic hydroxyl groups is 1. The van der Waals surface area contributed by atoms with Crippen LogP contribution in [0.15, 0.2) is 0 Å². The van der Waals surface area contributed by atoms with Crippen LogP contribution in [0.4, 0.5) is 0 Å². The molecule has 2 N–H and O–H groups in total. The molecule has 0 fully saturated rings. The summed E-state index contributed by atoms with van der Waals surface area (Å²) in [6.07, 6.45) is 1.05. The SMILES string of the molecule is CC(C)C[C@@H](CO)NC(C)C. The number of rotatable bonds is 5. The van der Waals surface area contributed by atoms with Crippen molar-refractivity contribution in [2.45, 2.75) is 46.2 Å². The lowest BCUT2D eigenvalue weighted by molar-refractivity contribution is 0.217. The van der Waals surface area contributed by atoms with E-state index in [4.69, 9.17) is 5.11 Å². The number of nitrogens with one attached hydrogen (secondary N) is 1. The van der Waals surface area contributed by atoms with Gasteiger partial charge in [0.05, 0.1) is 6.61 Å². The molecule has 0 heterocycles. The third-order valence-corrected chi connectivity index (χ3v) is 1.55. The van der Waals surface area contributed by atoms with Crippen LogP contribution in [-0.4, -0.2) is 23.8 Å². The van der Waals surface area contributed by atoms with E-state index in [-0.39, 0.29) is 12.6 Å². The summed E-state index contributed by atoms with van der Waals surface area (Å²) in [5, 5.41) is 12.3. The second-order valence-corrected chi connectivity index (χ2v) is 3.83. The van der Waals surface area contributed by atoms with Gasteiger partial charge < -0.3 is 10.4 Å². The average molecular weight is 159 g/mol. The van der Waals surface area contributed by atoms with Gasteiger partial charge in [-0.05, 0) is 12.3 Å². The third-order valence-electron chi connectivity index (χ3n) is 1.55. The second kappa shape index (κ2) is 5.56. The Bertz CT molecular complexity index is 81.6. The number of hydrogen-bond acceptors (Lipinski definition) is 2. The van der Waals surface area contributed by atoms with Crippen LogP contribution in [0.5, 0.6) is 0 Å². The van der Waals surface area contributed by atoms with Crippen molar-refractivity contribution in [1.29, 1.82) is 0 Å². The zero-order valence-corrected chi connectivity index (χ0v) is 8.09. The molecule has 0 aliphatic rings. The molecule has 0 aromatic rings. The van der Waals surface area contributed by atoms with E-state index >= 15 is 0 Å². The highest BCUT2D eigenvalue weighted by molar-refractivity contribution is 4.69. The van der Waals surface area contributed by atoms with Crippen LogP contribution in [0.25, 0.3) is 0 Å². The van der Waals surface area contributed by atoms with Crippen molar-refractivity contribution < 1.29 is 5.11 Å². The van der Waals surface area contributed by atoms with Crippen molar-refractivity contribution in [2.24, 2.45) is 5.92 Å². The normalized spacial score (nSPS) is 14.5. The molecule has 0 aliphatic heterocycles. The van der Waals surface area contributed by atoms with E-state index in [0.29, 0.717) is 12.0 Å². The summed E-state index contributed by atoms with van der Waals surface area (Å²) in [6, 6.07) is 0.737. The minimum absolute atomic E-state index is 0.246. The van der Waals surface area contributed by atoms with Gasteiger partial charge in [0.1, 0.15) is 0 Å². The van der Waals surface area contributed by atoms with E-state index < -0.39 is 0 Å². The summed E-state index contributed by atoms with van der Waals surface area (Å²) in [5.74, 6) is 0.651. The maximum Gasteiger partial charge on any atom is 0.0584 e. The predicted molar refractivity (Wildman–Crippen MR) is 48.6 cm³/mol. The Morgan fingerprint density at radius 2 is 1.73 bits per heavy atom. The van der Waals surface area contributed by atoms with Gasteiger partial charge in [-0.1, -0.05) is 27.7 Å². The van der Waals surface area contributed by atoms with Crippen LogP contribution < -0.4 is 5.32 Å². The molecule has 0 aromatic heterocycles. The van der Waals surface area contributed by atoms with Crippen LogP contribution in [0.1, 0.15) is 34.1 Å². The van der Waals surface area contributed by atoms with Gasteiger partial charge in [-0.15, -0.1) is 0 Å². The Morgan fingerprint density at radius 3 is 2.00 bits per heavy atom. The van der Waals surface area contributed by atoms with Gasteiger partial charge in [-0.3, -0.25) is 0 Å². The fourth-order valence-corrected chi connectivity index (χ4v) is 1.24. The van der Waals surface area contributed by atoms with Gasteiger partial charge in [0.15, 0.2) is 0 Å². The quantitative estimate of drug-likeness (QED) is 0.635. The predicted octanol–water partition coefficient (Wildman–Crippen LogP) is 1.39. The summed E-state index contributed by atoms with van der Waals surface area (Å²) < 4.78 is 0. The van der Waals surface area contributed by atoms with Gasteiger partial charge in [0, 0.05) is 12.1 Å². The lowest BCUT2D eigenvalue weighted by atomic mass is 10.0. The van der Waals surface area contributed by atoms with E-state index in [1.807, 2.05) is 0 Å². The molecule has 0 bridgehead atoms. The first kappa shape index (κ1) is 10.9. The van der Waals surface area contributed by atoms with Crippen molar-refractivity contribution in [3.8, 4) is 0 Å². The Hall–Kier alpha value is -0.0800. The average Bonchev–Trinajstić information content (AvgIpc) is 1.84. The molecule has 1 atom stereocenters. The van der Waals surface area contributed by atoms with E-state index in [9.17, 15) is 0 Å². The molecular weight excluding hydrogens is 138 g/mol. The van der Waals surface area contributed by atoms with Gasteiger partial charge in [0.2, 0.25) is 0 Å². The molecule has 0 rings (SSSR count). The summed E-state index contributed by atoms with van der Waals surface area (Å²) in [5.41, 5.74) is 0. The highest BCUT2D eigenvalue weighted by Gasteiger charge is 2.09. The Morgan fingerprint density at radius 1 is 1.18 bits per heavy atom. The van der Waals surface area contributed by atoms with Gasteiger partial charge >= 0.3 is 0 Å². The highest BCUT2D eigenvalue weighted by atomic mass is 16.3. The molecule has 0 unspecified atom stereocenters. The minimum Gasteiger partial charge on any atom is -0.395 e. The summed E-state index contributed by atoms with van der Waals surface area (Å²) in [4.78, 5) is 0. The molecule has 0 aliphatic carbocycles. The summed E-state index contributed by atoms with van der Waals surface area (Å²) in [6.45, 7) is 8.79. The molecule has 2 nitrogen and oxygen atoms in total. The monoisotopic (exact) mass is 159 g/mol. The van der Waals surface area contributed by atoms with E-state index in [2.05, 4.69) is 33.0 Å². The van der Waals surface area contributed by atoms with Crippen molar-refractivity contribution in [2.75, 3.05) is 6.61 Å². The van der Waals surface area contributed by atoms with Crippen molar-refractivity contribution >= 4 is 0 Å². The molecule has 2 heteroatoms. The first-order valence-electron chi connectivity index (χ1n) is 4.43. The minimum atomic E-state index is 0.246. The van der Waals surface area contributed by atoms with Crippen LogP contribution in [0.2, 0.25) is 0 Å². The van der Waals surface area contributed by atoms with E-state index in [1.54, 1.807) is 0 Å². The molecule has 0 saturated heterocycles. The fourth-order valence-electron chi connectivity index (χ4n) is 1.24. The highest BCUT2D eigenvalue weighted by Crippen LogP contribution is 2.04. The number of aliphatic hydroxyl groups excluding tert-OH is 1. The Kier molecular flexibility index (Phi) is 5.51. The first-order chi connectivity index (χ1) is 5.06. The lowest BCUT2D eigenvalue weighted by Crippen LogP contribution is -2.38. The number of hydrogen-bond donors (Lipinski definition) is 2. The van der Waals surface area contributed by atoms with Crippen molar-refractivity contribution in [3.63, 3.8) is 0 Å². The summed E-state index contributed by atoms with van der Waals surface area (Å²) >= 11 is 0. The third kappa shape index (κ3) is 6.32. The van der Waals surface area contributed by atoms with Gasteiger partial charge in [-0.25, -0.2) is 0 Å². The molecular formula is C9H21NO. The van der Waals surface area contributed by atoms with Crippen molar-refractivity contribution in [3.05, 3.63) is 0 Å². The largest absolute Gasteiger partial charge is 0.395 e. The van der Waals surface area contributed by atoms with E-state index in [1.165, 1.54) is 0 Å². The van der Waals surface area contributed by atoms with Crippen LogP contribution in [0.3, 0.4) is 0 Å². The zero-order chi connectivity index (χ0) is 8.85. The molecule has 0 radical (unpaired) electrons. The molecule has 0 spiro atoms. The second-order valence-electron chi connectivity index (χ2n) is 3.83. The smallest absolute Gasteiger partial charge is 0.0584 e. The van der Waals surface area contributed by atoms with Gasteiger partial charge in [-0.2, -0.15) is 0 Å². The van der Waals surface area contributed by atoms with Crippen LogP contribution >= 0.6 is 0 Å². The standard InChI is InChI=1S/C9H21NO/c1-7(2)5-9(6-11)10-8(3)4/h7-11H,5-6H2,1-4H3/t9-/m0/s1. The lowest BCUT2D eigenvalue weighted by Gasteiger charge is -2.20. The molecule has 68 valence electrons. The molecule has 0 aromatic carbocycles. The molecule has 0 amide bonds. The van der Waals surface area contributed by atoms with Crippen LogP contribution in [-0.2, 0) is 0 Å². The maximum atomic E-state index is 8.96. The topological polar surface area (TPSA) is 32.3 Å². The molecule has 11 heavy (non-hydrogen) atoms. The van der Waals surface area contributed by atoms with Gasteiger partial charge in [0.25, 0.3) is 0 Å². The maximum absolute atomic E-state index is 8.96. The van der Waals surface area contributed by atoms with Crippen LogP contribution in [0, 0.1) is 5.92 Å². The Labute approximate surface area is 70.0 Å². The summed E-state index contributed by atoms with van der Waals surface area (Å²) in [7, 11) is 0. The zero-order valence-electron chi connectivity index (χ0n) is 8.09. The first-order valence-corrected chi connectivity index (χ1v) is 4.43. The molecule has 0 saturated carbocycles. The fraction of sp³-hybridized carbons (Fsp3) is 1.00. The Balaban J connectivity index is 3.58.